The fraction of sp³-hybridized carbons (Fsp3) is 0.200. The number of rotatable bonds is 3. The number of carbonyl (C=O) groups is 1. The average molecular weight is 246 g/mol. The first-order valence-electron chi connectivity index (χ1n) is 4.16. The molecule has 0 spiro atoms. The molecule has 0 fully saturated rings. The number of hydrogen-bond acceptors (Lipinski definition) is 2. The van der Waals surface area contributed by atoms with Crippen LogP contribution in [-0.4, -0.2) is 11.1 Å². The SMILES string of the molecule is N#Cc1c(C(F)F)ccc(C(=O)O)c1CCl. The first-order valence-corrected chi connectivity index (χ1v) is 4.69. The Kier molecular flexibility index (Phi) is 3.80. The van der Waals surface area contributed by atoms with Gasteiger partial charge >= 0.3 is 5.97 Å². The molecule has 0 saturated heterocycles. The molecule has 1 rings (SSSR count). The zero-order valence-electron chi connectivity index (χ0n) is 7.88. The van der Waals surface area contributed by atoms with Gasteiger partial charge in [-0.1, -0.05) is 6.07 Å². The predicted octanol–water partition coefficient (Wildman–Crippen LogP) is 2.93. The van der Waals surface area contributed by atoms with Crippen LogP contribution in [0, 0.1) is 11.3 Å². The van der Waals surface area contributed by atoms with E-state index in [9.17, 15) is 13.6 Å². The van der Waals surface area contributed by atoms with Crippen molar-refractivity contribution in [1.29, 1.82) is 5.26 Å². The van der Waals surface area contributed by atoms with E-state index in [0.717, 1.165) is 12.1 Å². The summed E-state index contributed by atoms with van der Waals surface area (Å²) in [6.07, 6.45) is -2.83. The van der Waals surface area contributed by atoms with Crippen LogP contribution in [0.25, 0.3) is 0 Å². The molecule has 1 aromatic carbocycles. The number of carboxylic acids is 1. The van der Waals surface area contributed by atoms with E-state index in [1.54, 1.807) is 6.07 Å². The van der Waals surface area contributed by atoms with Gasteiger partial charge in [0.1, 0.15) is 0 Å². The molecule has 0 saturated carbocycles. The fourth-order valence-corrected chi connectivity index (χ4v) is 1.60. The Labute approximate surface area is 94.9 Å². The van der Waals surface area contributed by atoms with E-state index in [-0.39, 0.29) is 22.6 Å². The van der Waals surface area contributed by atoms with E-state index in [2.05, 4.69) is 0 Å². The number of nitriles is 1. The maximum Gasteiger partial charge on any atom is 0.336 e. The summed E-state index contributed by atoms with van der Waals surface area (Å²) >= 11 is 5.48. The number of aromatic carboxylic acids is 1. The zero-order valence-corrected chi connectivity index (χ0v) is 8.63. The molecule has 0 aliphatic carbocycles. The van der Waals surface area contributed by atoms with Crippen LogP contribution in [0.4, 0.5) is 8.78 Å². The summed E-state index contributed by atoms with van der Waals surface area (Å²) in [5.41, 5.74) is -1.15. The van der Waals surface area contributed by atoms with Gasteiger partial charge in [-0.05, 0) is 11.6 Å². The van der Waals surface area contributed by atoms with Crippen LogP contribution in [-0.2, 0) is 5.88 Å². The molecule has 0 aliphatic rings. The second kappa shape index (κ2) is 4.90. The first-order chi connectivity index (χ1) is 7.52. The minimum Gasteiger partial charge on any atom is -0.478 e. The van der Waals surface area contributed by atoms with Crippen LogP contribution >= 0.6 is 11.6 Å². The lowest BCUT2D eigenvalue weighted by Crippen LogP contribution is -2.06. The highest BCUT2D eigenvalue weighted by Crippen LogP contribution is 2.28. The summed E-state index contributed by atoms with van der Waals surface area (Å²) < 4.78 is 25.0. The molecule has 1 N–H and O–H groups in total. The molecule has 6 heteroatoms. The molecule has 1 aromatic rings. The quantitative estimate of drug-likeness (QED) is 0.833. The van der Waals surface area contributed by atoms with Crippen molar-refractivity contribution in [3.63, 3.8) is 0 Å². The van der Waals surface area contributed by atoms with Crippen LogP contribution in [0.2, 0.25) is 0 Å². The van der Waals surface area contributed by atoms with Gasteiger partial charge in [-0.15, -0.1) is 11.6 Å². The van der Waals surface area contributed by atoms with Gasteiger partial charge in [-0.25, -0.2) is 13.6 Å². The molecule has 0 atom stereocenters. The summed E-state index contributed by atoms with van der Waals surface area (Å²) in [6, 6.07) is 3.53. The van der Waals surface area contributed by atoms with Crippen molar-refractivity contribution in [2.24, 2.45) is 0 Å². The molecule has 3 nitrogen and oxygen atoms in total. The van der Waals surface area contributed by atoms with Crippen molar-refractivity contribution in [2.75, 3.05) is 0 Å². The van der Waals surface area contributed by atoms with Crippen molar-refractivity contribution in [3.05, 3.63) is 34.4 Å². The Morgan fingerprint density at radius 2 is 2.19 bits per heavy atom. The van der Waals surface area contributed by atoms with Crippen molar-refractivity contribution in [1.82, 2.24) is 0 Å². The number of nitrogens with zero attached hydrogens (tertiary/aromatic N) is 1. The highest BCUT2D eigenvalue weighted by atomic mass is 35.5. The van der Waals surface area contributed by atoms with Gasteiger partial charge in [0.2, 0.25) is 0 Å². The molecular weight excluding hydrogens is 240 g/mol. The maximum absolute atomic E-state index is 12.5. The molecule has 84 valence electrons. The second-order valence-corrected chi connectivity index (χ2v) is 3.17. The molecule has 0 unspecified atom stereocenters. The van der Waals surface area contributed by atoms with E-state index in [1.807, 2.05) is 0 Å². The summed E-state index contributed by atoms with van der Waals surface area (Å²) in [4.78, 5) is 10.8. The number of benzene rings is 1. The van der Waals surface area contributed by atoms with Crippen molar-refractivity contribution in [2.45, 2.75) is 12.3 Å². The first kappa shape index (κ1) is 12.4. The predicted molar refractivity (Wildman–Crippen MR) is 52.6 cm³/mol. The summed E-state index contributed by atoms with van der Waals surface area (Å²) in [5, 5.41) is 17.5. The Bertz CT molecular complexity index is 469. The number of hydrogen-bond donors (Lipinski definition) is 1. The van der Waals surface area contributed by atoms with Crippen LogP contribution in [0.3, 0.4) is 0 Å². The van der Waals surface area contributed by atoms with Gasteiger partial charge < -0.3 is 5.11 Å². The van der Waals surface area contributed by atoms with Gasteiger partial charge in [-0.2, -0.15) is 5.26 Å². The second-order valence-electron chi connectivity index (χ2n) is 2.91. The van der Waals surface area contributed by atoms with Gasteiger partial charge in [0.15, 0.2) is 0 Å². The van der Waals surface area contributed by atoms with E-state index >= 15 is 0 Å². The van der Waals surface area contributed by atoms with E-state index in [1.165, 1.54) is 0 Å². The molecular formula is C10H6ClF2NO2. The summed E-state index contributed by atoms with van der Waals surface area (Å²) in [5.74, 6) is -1.60. The third-order valence-corrected chi connectivity index (χ3v) is 2.32. The Hall–Kier alpha value is -1.67. The Morgan fingerprint density at radius 1 is 1.56 bits per heavy atom. The van der Waals surface area contributed by atoms with Gasteiger partial charge in [0.25, 0.3) is 6.43 Å². The van der Waals surface area contributed by atoms with Gasteiger partial charge in [-0.3, -0.25) is 0 Å². The molecule has 16 heavy (non-hydrogen) atoms. The van der Waals surface area contributed by atoms with Crippen molar-refractivity contribution < 1.29 is 18.7 Å². The highest BCUT2D eigenvalue weighted by molar-refractivity contribution is 6.17. The average Bonchev–Trinajstić information content (AvgIpc) is 2.26. The lowest BCUT2D eigenvalue weighted by molar-refractivity contribution is 0.0695. The normalized spacial score (nSPS) is 10.2. The highest BCUT2D eigenvalue weighted by Gasteiger charge is 2.21. The molecule has 0 aliphatic heterocycles. The van der Waals surface area contributed by atoms with Crippen LogP contribution in [0.15, 0.2) is 12.1 Å². The maximum atomic E-state index is 12.5. The number of alkyl halides is 3. The molecule has 0 heterocycles. The van der Waals surface area contributed by atoms with E-state index in [0.29, 0.717) is 0 Å². The molecule has 0 radical (unpaired) electrons. The van der Waals surface area contributed by atoms with E-state index in [4.69, 9.17) is 22.0 Å². The topological polar surface area (TPSA) is 61.1 Å². The van der Waals surface area contributed by atoms with Crippen LogP contribution in [0.1, 0.15) is 33.5 Å². The van der Waals surface area contributed by atoms with Gasteiger partial charge in [0.05, 0.1) is 17.2 Å². The van der Waals surface area contributed by atoms with Crippen LogP contribution < -0.4 is 0 Å². The number of halogens is 3. The minimum atomic E-state index is -2.83. The zero-order chi connectivity index (χ0) is 12.3. The standard InChI is InChI=1S/C10H6ClF2NO2/c11-3-7-6(10(15)16)2-1-5(9(12)13)8(7)4-14/h1-2,9H,3H2,(H,15,16). The molecule has 0 bridgehead atoms. The smallest absolute Gasteiger partial charge is 0.336 e. The molecule has 0 amide bonds. The molecule has 0 aromatic heterocycles. The largest absolute Gasteiger partial charge is 0.478 e. The Balaban J connectivity index is 3.54. The summed E-state index contributed by atoms with van der Waals surface area (Å²) in [6.45, 7) is 0. The lowest BCUT2D eigenvalue weighted by atomic mass is 9.98. The fourth-order valence-electron chi connectivity index (χ4n) is 1.32. The third kappa shape index (κ3) is 2.12. The van der Waals surface area contributed by atoms with Crippen molar-refractivity contribution >= 4 is 17.6 Å². The van der Waals surface area contributed by atoms with E-state index < -0.39 is 18.0 Å². The minimum absolute atomic E-state index is 0.0746. The summed E-state index contributed by atoms with van der Waals surface area (Å²) in [7, 11) is 0. The van der Waals surface area contributed by atoms with Gasteiger partial charge in [0, 0.05) is 11.4 Å². The lowest BCUT2D eigenvalue weighted by Gasteiger charge is -2.09. The monoisotopic (exact) mass is 245 g/mol. The number of carboxylic acid groups (broad SMARTS) is 1. The van der Waals surface area contributed by atoms with Crippen molar-refractivity contribution in [3.8, 4) is 6.07 Å². The van der Waals surface area contributed by atoms with Crippen LogP contribution in [0.5, 0.6) is 0 Å². The third-order valence-electron chi connectivity index (χ3n) is 2.06. The Morgan fingerprint density at radius 3 is 2.56 bits per heavy atom.